The molecule has 1 aliphatic carbocycles. The molecule has 1 aliphatic heterocycles. The van der Waals surface area contributed by atoms with Gasteiger partial charge in [-0.2, -0.15) is 0 Å². The molecule has 2 aliphatic rings. The minimum absolute atomic E-state index is 0.0505. The minimum Gasteiger partial charge on any atom is -0.394 e. The van der Waals surface area contributed by atoms with E-state index in [9.17, 15) is 5.11 Å². The van der Waals surface area contributed by atoms with Gasteiger partial charge in [0.1, 0.15) is 0 Å². The maximum Gasteiger partial charge on any atom is 0.0610 e. The van der Waals surface area contributed by atoms with Gasteiger partial charge in [-0.25, -0.2) is 0 Å². The van der Waals surface area contributed by atoms with Gasteiger partial charge in [-0.05, 0) is 70.5 Å². The van der Waals surface area contributed by atoms with E-state index in [1.165, 1.54) is 58.2 Å². The van der Waals surface area contributed by atoms with Gasteiger partial charge in [0.15, 0.2) is 0 Å². The van der Waals surface area contributed by atoms with Crippen molar-refractivity contribution in [2.45, 2.75) is 77.3 Å². The third-order valence-corrected chi connectivity index (χ3v) is 5.14. The predicted molar refractivity (Wildman–Crippen MR) is 85.0 cm³/mol. The summed E-state index contributed by atoms with van der Waals surface area (Å²) in [6, 6.07) is 0.677. The minimum atomic E-state index is -0.0505. The molecular weight excluding hydrogens is 248 g/mol. The number of nitrogens with zero attached hydrogens (tertiary/aromatic N) is 1. The van der Waals surface area contributed by atoms with Crippen LogP contribution >= 0.6 is 0 Å². The molecular formula is C17H34N2O. The average molecular weight is 282 g/mol. The van der Waals surface area contributed by atoms with Crippen molar-refractivity contribution in [3.63, 3.8) is 0 Å². The molecule has 20 heavy (non-hydrogen) atoms. The molecule has 1 unspecified atom stereocenters. The van der Waals surface area contributed by atoms with Crippen molar-refractivity contribution in [1.29, 1.82) is 0 Å². The monoisotopic (exact) mass is 282 g/mol. The van der Waals surface area contributed by atoms with Gasteiger partial charge in [0, 0.05) is 11.6 Å². The van der Waals surface area contributed by atoms with Crippen LogP contribution in [0.5, 0.6) is 0 Å². The number of aliphatic hydroxyl groups excluding tert-OH is 1. The third-order valence-electron chi connectivity index (χ3n) is 5.14. The summed E-state index contributed by atoms with van der Waals surface area (Å²) in [6.45, 7) is 11.0. The van der Waals surface area contributed by atoms with E-state index in [1.54, 1.807) is 0 Å². The first-order valence-electron chi connectivity index (χ1n) is 8.53. The van der Waals surface area contributed by atoms with E-state index in [2.05, 4.69) is 31.0 Å². The van der Waals surface area contributed by atoms with Gasteiger partial charge < -0.3 is 15.3 Å². The summed E-state index contributed by atoms with van der Waals surface area (Å²) in [5.41, 5.74) is 0.505. The summed E-state index contributed by atoms with van der Waals surface area (Å²) in [5.74, 6) is 0. The van der Waals surface area contributed by atoms with E-state index < -0.39 is 0 Å². The topological polar surface area (TPSA) is 35.5 Å². The molecule has 3 nitrogen and oxygen atoms in total. The molecule has 2 rings (SSSR count). The van der Waals surface area contributed by atoms with E-state index in [4.69, 9.17) is 0 Å². The Hall–Kier alpha value is -0.120. The summed E-state index contributed by atoms with van der Waals surface area (Å²) in [7, 11) is 0. The second-order valence-electron chi connectivity index (χ2n) is 8.10. The van der Waals surface area contributed by atoms with E-state index >= 15 is 0 Å². The molecule has 0 spiro atoms. The predicted octanol–water partition coefficient (Wildman–Crippen LogP) is 2.78. The Labute approximate surface area is 125 Å². The van der Waals surface area contributed by atoms with E-state index in [0.29, 0.717) is 11.5 Å². The van der Waals surface area contributed by atoms with Gasteiger partial charge in [-0.3, -0.25) is 0 Å². The molecule has 1 heterocycles. The van der Waals surface area contributed by atoms with Crippen LogP contribution in [0, 0.1) is 5.41 Å². The lowest BCUT2D eigenvalue weighted by Gasteiger charge is -2.37. The van der Waals surface area contributed by atoms with Gasteiger partial charge in [0.05, 0.1) is 6.61 Å². The van der Waals surface area contributed by atoms with Crippen LogP contribution in [0.1, 0.15) is 65.7 Å². The average Bonchev–Trinajstić information content (AvgIpc) is 3.20. The molecule has 118 valence electrons. The second-order valence-corrected chi connectivity index (χ2v) is 8.10. The van der Waals surface area contributed by atoms with E-state index in [0.717, 1.165) is 6.42 Å². The maximum absolute atomic E-state index is 9.59. The van der Waals surface area contributed by atoms with Crippen LogP contribution in [0.25, 0.3) is 0 Å². The second kappa shape index (κ2) is 6.76. The highest BCUT2D eigenvalue weighted by Gasteiger charge is 2.31. The van der Waals surface area contributed by atoms with Crippen molar-refractivity contribution in [2.75, 3.05) is 26.2 Å². The number of aliphatic hydroxyl groups is 1. The number of likely N-dealkylation sites (tertiary alicyclic amines) is 1. The number of nitrogens with one attached hydrogen (secondary N) is 1. The number of hydrogen-bond donors (Lipinski definition) is 2. The lowest BCUT2D eigenvalue weighted by Crippen LogP contribution is -2.47. The Kier molecular flexibility index (Phi) is 5.49. The number of unbranched alkanes of at least 4 members (excludes halogenated alkanes) is 1. The van der Waals surface area contributed by atoms with Crippen LogP contribution in [0.4, 0.5) is 0 Å². The fourth-order valence-corrected chi connectivity index (χ4v) is 3.15. The lowest BCUT2D eigenvalue weighted by molar-refractivity contribution is 0.126. The Morgan fingerprint density at radius 3 is 2.40 bits per heavy atom. The van der Waals surface area contributed by atoms with Crippen LogP contribution in [-0.2, 0) is 0 Å². The molecule has 0 radical (unpaired) electrons. The van der Waals surface area contributed by atoms with Crippen molar-refractivity contribution in [3.05, 3.63) is 0 Å². The van der Waals surface area contributed by atoms with Gasteiger partial charge in [0.25, 0.3) is 0 Å². The lowest BCUT2D eigenvalue weighted by atomic mass is 9.82. The Bertz CT molecular complexity index is 291. The third kappa shape index (κ3) is 5.34. The first kappa shape index (κ1) is 16.3. The van der Waals surface area contributed by atoms with Crippen molar-refractivity contribution in [3.8, 4) is 0 Å². The maximum atomic E-state index is 9.59. The Balaban J connectivity index is 1.58. The van der Waals surface area contributed by atoms with Gasteiger partial charge in [-0.1, -0.05) is 20.3 Å². The molecule has 1 atom stereocenters. The van der Waals surface area contributed by atoms with Crippen LogP contribution < -0.4 is 5.32 Å². The number of piperidine rings is 1. The fourth-order valence-electron chi connectivity index (χ4n) is 3.15. The molecule has 2 fully saturated rings. The molecule has 0 aromatic rings. The van der Waals surface area contributed by atoms with Crippen LogP contribution in [0.3, 0.4) is 0 Å². The van der Waals surface area contributed by atoms with Crippen LogP contribution in [0.2, 0.25) is 0 Å². The zero-order valence-electron chi connectivity index (χ0n) is 13.7. The highest BCUT2D eigenvalue weighted by atomic mass is 16.3. The van der Waals surface area contributed by atoms with E-state index in [-0.39, 0.29) is 12.1 Å². The fraction of sp³-hybridized carbons (Fsp3) is 1.00. The van der Waals surface area contributed by atoms with Crippen molar-refractivity contribution in [1.82, 2.24) is 10.2 Å². The standard InChI is InChI=1S/C17H34N2O/c1-16(2)9-12-19(13-10-16)11-5-4-8-17(3,14-20)18-15-6-7-15/h15,18,20H,4-14H2,1-3H3. The van der Waals surface area contributed by atoms with Crippen molar-refractivity contribution >= 4 is 0 Å². The molecule has 0 aromatic heterocycles. The summed E-state index contributed by atoms with van der Waals surface area (Å²) < 4.78 is 0. The Morgan fingerprint density at radius 1 is 1.20 bits per heavy atom. The number of hydrogen-bond acceptors (Lipinski definition) is 3. The highest BCUT2D eigenvalue weighted by Crippen LogP contribution is 2.30. The molecule has 0 bridgehead atoms. The molecule has 1 saturated carbocycles. The molecule has 3 heteroatoms. The summed E-state index contributed by atoms with van der Waals surface area (Å²) in [4.78, 5) is 2.62. The summed E-state index contributed by atoms with van der Waals surface area (Å²) >= 11 is 0. The zero-order chi connectivity index (χ0) is 14.6. The van der Waals surface area contributed by atoms with Gasteiger partial charge in [0.2, 0.25) is 0 Å². The smallest absolute Gasteiger partial charge is 0.0610 e. The SMILES string of the molecule is CC1(C)CCN(CCCCC(C)(CO)NC2CC2)CC1. The first-order valence-corrected chi connectivity index (χ1v) is 8.53. The quantitative estimate of drug-likeness (QED) is 0.672. The van der Waals surface area contributed by atoms with E-state index in [1.807, 2.05) is 0 Å². The molecule has 2 N–H and O–H groups in total. The van der Waals surface area contributed by atoms with Crippen molar-refractivity contribution in [2.24, 2.45) is 5.41 Å². The van der Waals surface area contributed by atoms with Crippen LogP contribution in [0.15, 0.2) is 0 Å². The molecule has 0 amide bonds. The molecule has 1 saturated heterocycles. The Morgan fingerprint density at radius 2 is 1.85 bits per heavy atom. The van der Waals surface area contributed by atoms with Gasteiger partial charge >= 0.3 is 0 Å². The zero-order valence-corrected chi connectivity index (χ0v) is 13.7. The summed E-state index contributed by atoms with van der Waals surface area (Å²) in [5, 5.41) is 13.2. The highest BCUT2D eigenvalue weighted by molar-refractivity contribution is 4.92. The molecule has 0 aromatic carbocycles. The van der Waals surface area contributed by atoms with Gasteiger partial charge in [-0.15, -0.1) is 0 Å². The normalized spacial score (nSPS) is 26.4. The first-order chi connectivity index (χ1) is 9.42. The summed E-state index contributed by atoms with van der Waals surface area (Å²) in [6.07, 6.45) is 8.84. The largest absolute Gasteiger partial charge is 0.394 e. The van der Waals surface area contributed by atoms with Crippen LogP contribution in [-0.4, -0.2) is 47.8 Å². The van der Waals surface area contributed by atoms with Crippen molar-refractivity contribution < 1.29 is 5.11 Å². The number of rotatable bonds is 8.